The summed E-state index contributed by atoms with van der Waals surface area (Å²) < 4.78 is 5.12. The van der Waals surface area contributed by atoms with Crippen LogP contribution in [-0.4, -0.2) is 17.8 Å². The maximum atomic E-state index is 11.6. The standard InChI is InChI=1S/C13H15ClO3/c1-3-9(2)8-17-13(16)11-6-4-10(5-7-11)12(14)15/h4-7,9H,3,8H2,1-2H3. The molecule has 1 atom stereocenters. The highest BCUT2D eigenvalue weighted by Gasteiger charge is 2.10. The van der Waals surface area contributed by atoms with E-state index < -0.39 is 5.24 Å². The number of hydrogen-bond acceptors (Lipinski definition) is 3. The largest absolute Gasteiger partial charge is 0.462 e. The van der Waals surface area contributed by atoms with Crippen LogP contribution in [-0.2, 0) is 4.74 Å². The van der Waals surface area contributed by atoms with Crippen LogP contribution in [0.25, 0.3) is 0 Å². The molecule has 0 bridgehead atoms. The summed E-state index contributed by atoms with van der Waals surface area (Å²) in [7, 11) is 0. The van der Waals surface area contributed by atoms with Crippen molar-refractivity contribution < 1.29 is 14.3 Å². The molecule has 0 spiro atoms. The van der Waals surface area contributed by atoms with Crippen molar-refractivity contribution in [3.63, 3.8) is 0 Å². The fraction of sp³-hybridized carbons (Fsp3) is 0.385. The summed E-state index contributed by atoms with van der Waals surface area (Å²) in [5, 5.41) is -0.537. The predicted molar refractivity (Wildman–Crippen MR) is 66.4 cm³/mol. The Morgan fingerprint density at radius 1 is 1.24 bits per heavy atom. The van der Waals surface area contributed by atoms with E-state index in [9.17, 15) is 9.59 Å². The third-order valence-electron chi connectivity index (χ3n) is 2.54. The van der Waals surface area contributed by atoms with Gasteiger partial charge in [-0.15, -0.1) is 0 Å². The second-order valence-corrected chi connectivity index (χ2v) is 4.31. The fourth-order valence-corrected chi connectivity index (χ4v) is 1.28. The van der Waals surface area contributed by atoms with E-state index in [2.05, 4.69) is 0 Å². The maximum absolute atomic E-state index is 11.6. The van der Waals surface area contributed by atoms with Crippen molar-refractivity contribution in [3.05, 3.63) is 35.4 Å². The van der Waals surface area contributed by atoms with Crippen molar-refractivity contribution in [2.24, 2.45) is 5.92 Å². The molecule has 0 amide bonds. The summed E-state index contributed by atoms with van der Waals surface area (Å²) in [6, 6.07) is 6.09. The number of benzene rings is 1. The SMILES string of the molecule is CCC(C)COC(=O)c1ccc(C(=O)Cl)cc1. The summed E-state index contributed by atoms with van der Waals surface area (Å²) in [4.78, 5) is 22.4. The number of esters is 1. The third kappa shape index (κ3) is 4.19. The molecule has 0 saturated carbocycles. The van der Waals surface area contributed by atoms with Gasteiger partial charge in [0.1, 0.15) is 0 Å². The molecule has 0 fully saturated rings. The number of carbonyl (C=O) groups is 2. The first kappa shape index (κ1) is 13.7. The van der Waals surface area contributed by atoms with Crippen LogP contribution in [0.1, 0.15) is 41.0 Å². The van der Waals surface area contributed by atoms with E-state index in [1.807, 2.05) is 13.8 Å². The molecule has 0 aromatic heterocycles. The Hall–Kier alpha value is -1.35. The number of carbonyl (C=O) groups excluding carboxylic acids is 2. The van der Waals surface area contributed by atoms with Gasteiger partial charge in [-0.1, -0.05) is 20.3 Å². The lowest BCUT2D eigenvalue weighted by atomic mass is 10.1. The van der Waals surface area contributed by atoms with Crippen molar-refractivity contribution in [1.29, 1.82) is 0 Å². The molecule has 17 heavy (non-hydrogen) atoms. The fourth-order valence-electron chi connectivity index (χ4n) is 1.16. The summed E-state index contributed by atoms with van der Waals surface area (Å²) in [5.74, 6) is -0.0264. The minimum absolute atomic E-state index is 0.350. The van der Waals surface area contributed by atoms with Crippen LogP contribution < -0.4 is 0 Å². The van der Waals surface area contributed by atoms with E-state index >= 15 is 0 Å². The molecule has 1 unspecified atom stereocenters. The first-order valence-corrected chi connectivity index (χ1v) is 5.89. The lowest BCUT2D eigenvalue weighted by Crippen LogP contribution is -2.11. The maximum Gasteiger partial charge on any atom is 0.338 e. The molecular weight excluding hydrogens is 240 g/mol. The van der Waals surface area contributed by atoms with Crippen molar-refractivity contribution in [2.75, 3.05) is 6.61 Å². The van der Waals surface area contributed by atoms with E-state index in [1.165, 1.54) is 24.3 Å². The van der Waals surface area contributed by atoms with Crippen molar-refractivity contribution in [1.82, 2.24) is 0 Å². The van der Waals surface area contributed by atoms with Gasteiger partial charge in [0.2, 0.25) is 0 Å². The Bertz CT molecular complexity index is 398. The Morgan fingerprint density at radius 3 is 2.24 bits per heavy atom. The monoisotopic (exact) mass is 254 g/mol. The summed E-state index contributed by atoms with van der Waals surface area (Å²) in [6.45, 7) is 4.47. The average molecular weight is 255 g/mol. The van der Waals surface area contributed by atoms with E-state index in [0.717, 1.165) is 6.42 Å². The highest BCUT2D eigenvalue weighted by atomic mass is 35.5. The van der Waals surface area contributed by atoms with Gasteiger partial charge in [-0.2, -0.15) is 0 Å². The highest BCUT2D eigenvalue weighted by molar-refractivity contribution is 6.67. The highest BCUT2D eigenvalue weighted by Crippen LogP contribution is 2.09. The third-order valence-corrected chi connectivity index (χ3v) is 2.76. The number of hydrogen-bond donors (Lipinski definition) is 0. The van der Waals surface area contributed by atoms with Crippen LogP contribution in [0.2, 0.25) is 0 Å². The molecule has 0 radical (unpaired) electrons. The Labute approximate surface area is 106 Å². The van der Waals surface area contributed by atoms with Crippen LogP contribution in [0.15, 0.2) is 24.3 Å². The molecular formula is C13H15ClO3. The second-order valence-electron chi connectivity index (χ2n) is 3.96. The Kier molecular flexibility index (Phi) is 5.16. The second kappa shape index (κ2) is 6.40. The topological polar surface area (TPSA) is 43.4 Å². The minimum Gasteiger partial charge on any atom is -0.462 e. The lowest BCUT2D eigenvalue weighted by Gasteiger charge is -2.09. The van der Waals surface area contributed by atoms with Gasteiger partial charge in [-0.05, 0) is 41.8 Å². The zero-order valence-corrected chi connectivity index (χ0v) is 10.7. The molecule has 0 saturated heterocycles. The van der Waals surface area contributed by atoms with Crippen LogP contribution >= 0.6 is 11.6 Å². The molecule has 1 rings (SSSR count). The van der Waals surface area contributed by atoms with E-state index in [4.69, 9.17) is 16.3 Å². The van der Waals surface area contributed by atoms with Gasteiger partial charge >= 0.3 is 5.97 Å². The van der Waals surface area contributed by atoms with Crippen LogP contribution in [0.4, 0.5) is 0 Å². The Morgan fingerprint density at radius 2 is 1.76 bits per heavy atom. The van der Waals surface area contributed by atoms with E-state index in [-0.39, 0.29) is 5.97 Å². The molecule has 1 aromatic carbocycles. The lowest BCUT2D eigenvalue weighted by molar-refractivity contribution is 0.0447. The van der Waals surface area contributed by atoms with E-state index in [0.29, 0.717) is 23.7 Å². The van der Waals surface area contributed by atoms with Gasteiger partial charge in [-0.25, -0.2) is 4.79 Å². The molecule has 3 nitrogen and oxygen atoms in total. The van der Waals surface area contributed by atoms with Gasteiger partial charge < -0.3 is 4.74 Å². The Balaban J connectivity index is 2.61. The van der Waals surface area contributed by atoms with Crippen molar-refractivity contribution >= 4 is 22.8 Å². The quantitative estimate of drug-likeness (QED) is 0.598. The first-order valence-electron chi connectivity index (χ1n) is 5.51. The van der Waals surface area contributed by atoms with E-state index in [1.54, 1.807) is 0 Å². The van der Waals surface area contributed by atoms with Gasteiger partial charge in [-0.3, -0.25) is 4.79 Å². The van der Waals surface area contributed by atoms with Crippen LogP contribution in [0.3, 0.4) is 0 Å². The van der Waals surface area contributed by atoms with Crippen LogP contribution in [0, 0.1) is 5.92 Å². The zero-order valence-electron chi connectivity index (χ0n) is 9.90. The minimum atomic E-state index is -0.537. The van der Waals surface area contributed by atoms with Gasteiger partial charge in [0.25, 0.3) is 5.24 Å². The molecule has 0 aliphatic carbocycles. The summed E-state index contributed by atoms with van der Waals surface area (Å²) in [5.41, 5.74) is 0.792. The smallest absolute Gasteiger partial charge is 0.338 e. The molecule has 0 N–H and O–H groups in total. The van der Waals surface area contributed by atoms with Gasteiger partial charge in [0.05, 0.1) is 12.2 Å². The van der Waals surface area contributed by atoms with Gasteiger partial charge in [0.15, 0.2) is 0 Å². The molecule has 0 aliphatic rings. The normalized spacial score (nSPS) is 11.9. The first-order chi connectivity index (χ1) is 8.04. The molecule has 0 heterocycles. The van der Waals surface area contributed by atoms with Crippen molar-refractivity contribution in [3.8, 4) is 0 Å². The molecule has 4 heteroatoms. The number of rotatable bonds is 5. The molecule has 92 valence electrons. The van der Waals surface area contributed by atoms with Gasteiger partial charge in [0, 0.05) is 5.56 Å². The average Bonchev–Trinajstić information content (AvgIpc) is 2.35. The molecule has 1 aromatic rings. The zero-order chi connectivity index (χ0) is 12.8. The number of ether oxygens (including phenoxy) is 1. The summed E-state index contributed by atoms with van der Waals surface area (Å²) in [6.07, 6.45) is 0.965. The number of halogens is 1. The summed E-state index contributed by atoms with van der Waals surface area (Å²) >= 11 is 5.30. The predicted octanol–water partition coefficient (Wildman–Crippen LogP) is 3.27. The molecule has 0 aliphatic heterocycles. The van der Waals surface area contributed by atoms with Crippen LogP contribution in [0.5, 0.6) is 0 Å². The van der Waals surface area contributed by atoms with Crippen molar-refractivity contribution in [2.45, 2.75) is 20.3 Å².